The van der Waals surface area contributed by atoms with Crippen molar-refractivity contribution in [1.29, 1.82) is 0 Å². The SMILES string of the molecule is CC1CC(n2cnc(N)n2)C1C. The lowest BCUT2D eigenvalue weighted by Crippen LogP contribution is -2.35. The second-order valence-electron chi connectivity index (χ2n) is 3.72. The van der Waals surface area contributed by atoms with E-state index in [1.165, 1.54) is 6.42 Å². The molecule has 0 saturated heterocycles. The lowest BCUT2D eigenvalue weighted by Gasteiger charge is -2.40. The molecule has 0 amide bonds. The first-order valence-corrected chi connectivity index (χ1v) is 4.35. The van der Waals surface area contributed by atoms with Gasteiger partial charge in [0, 0.05) is 0 Å². The normalized spacial score (nSPS) is 34.7. The van der Waals surface area contributed by atoms with Gasteiger partial charge in [-0.25, -0.2) is 9.67 Å². The highest BCUT2D eigenvalue weighted by atomic mass is 15.4. The molecule has 1 fully saturated rings. The fourth-order valence-electron chi connectivity index (χ4n) is 1.79. The molecule has 0 aromatic carbocycles. The van der Waals surface area contributed by atoms with Crippen LogP contribution in [-0.4, -0.2) is 14.8 Å². The minimum absolute atomic E-state index is 0.377. The number of rotatable bonds is 1. The van der Waals surface area contributed by atoms with Crippen LogP contribution in [0.4, 0.5) is 5.95 Å². The lowest BCUT2D eigenvalue weighted by atomic mass is 9.72. The third-order valence-corrected chi connectivity index (χ3v) is 2.98. The molecular formula is C8H14N4. The maximum Gasteiger partial charge on any atom is 0.239 e. The first-order valence-electron chi connectivity index (χ1n) is 4.35. The maximum atomic E-state index is 5.43. The van der Waals surface area contributed by atoms with Crippen molar-refractivity contribution in [2.75, 3.05) is 5.73 Å². The third kappa shape index (κ3) is 0.983. The average Bonchev–Trinajstić information content (AvgIpc) is 2.46. The highest BCUT2D eigenvalue weighted by Gasteiger charge is 2.36. The molecule has 2 N–H and O–H groups in total. The van der Waals surface area contributed by atoms with Gasteiger partial charge in [-0.15, -0.1) is 5.10 Å². The molecular weight excluding hydrogens is 152 g/mol. The van der Waals surface area contributed by atoms with E-state index in [1.807, 2.05) is 4.68 Å². The zero-order chi connectivity index (χ0) is 8.72. The van der Waals surface area contributed by atoms with Gasteiger partial charge in [0.2, 0.25) is 5.95 Å². The zero-order valence-electron chi connectivity index (χ0n) is 7.44. The monoisotopic (exact) mass is 166 g/mol. The number of hydrogen-bond acceptors (Lipinski definition) is 3. The van der Waals surface area contributed by atoms with Crippen molar-refractivity contribution in [2.24, 2.45) is 11.8 Å². The van der Waals surface area contributed by atoms with Gasteiger partial charge in [0.1, 0.15) is 6.33 Å². The zero-order valence-corrected chi connectivity index (χ0v) is 7.44. The first kappa shape index (κ1) is 7.58. The summed E-state index contributed by atoms with van der Waals surface area (Å²) in [6.07, 6.45) is 2.92. The van der Waals surface area contributed by atoms with Crippen molar-refractivity contribution in [3.63, 3.8) is 0 Å². The molecule has 12 heavy (non-hydrogen) atoms. The summed E-state index contributed by atoms with van der Waals surface area (Å²) in [7, 11) is 0. The summed E-state index contributed by atoms with van der Waals surface area (Å²) in [6, 6.07) is 0.518. The van der Waals surface area contributed by atoms with E-state index >= 15 is 0 Å². The number of nitrogen functional groups attached to an aromatic ring is 1. The summed E-state index contributed by atoms with van der Waals surface area (Å²) in [5, 5.41) is 4.10. The van der Waals surface area contributed by atoms with Crippen LogP contribution in [0.5, 0.6) is 0 Å². The topological polar surface area (TPSA) is 56.7 Å². The Morgan fingerprint density at radius 2 is 2.33 bits per heavy atom. The van der Waals surface area contributed by atoms with Gasteiger partial charge in [0.15, 0.2) is 0 Å². The molecule has 1 aromatic rings. The molecule has 0 radical (unpaired) electrons. The molecule has 0 spiro atoms. The number of hydrogen-bond donors (Lipinski definition) is 1. The van der Waals surface area contributed by atoms with Crippen LogP contribution in [0.25, 0.3) is 0 Å². The number of nitrogens with zero attached hydrogens (tertiary/aromatic N) is 3. The fraction of sp³-hybridized carbons (Fsp3) is 0.750. The second kappa shape index (κ2) is 2.47. The van der Waals surface area contributed by atoms with Crippen molar-refractivity contribution in [3.05, 3.63) is 6.33 Å². The number of nitrogens with two attached hydrogens (primary N) is 1. The van der Waals surface area contributed by atoms with Crippen molar-refractivity contribution >= 4 is 5.95 Å². The molecule has 2 rings (SSSR count). The maximum absolute atomic E-state index is 5.43. The van der Waals surface area contributed by atoms with Gasteiger partial charge in [-0.3, -0.25) is 0 Å². The molecule has 4 heteroatoms. The van der Waals surface area contributed by atoms with Gasteiger partial charge >= 0.3 is 0 Å². The highest BCUT2D eigenvalue weighted by Crippen LogP contribution is 2.42. The van der Waals surface area contributed by atoms with Crippen LogP contribution in [0.1, 0.15) is 26.3 Å². The van der Waals surface area contributed by atoms with E-state index in [-0.39, 0.29) is 0 Å². The van der Waals surface area contributed by atoms with Crippen LogP contribution in [0, 0.1) is 11.8 Å². The molecule has 4 nitrogen and oxygen atoms in total. The minimum Gasteiger partial charge on any atom is -0.367 e. The summed E-state index contributed by atoms with van der Waals surface area (Å²) in [6.45, 7) is 4.51. The standard InChI is InChI=1S/C8H14N4/c1-5-3-7(6(5)2)12-4-10-8(9)11-12/h4-7H,3H2,1-2H3,(H2,9,11). The molecule has 1 aliphatic rings. The first-order chi connectivity index (χ1) is 5.68. The van der Waals surface area contributed by atoms with Crippen LogP contribution in [0.15, 0.2) is 6.33 Å². The van der Waals surface area contributed by atoms with Crippen molar-refractivity contribution in [3.8, 4) is 0 Å². The Morgan fingerprint density at radius 3 is 2.75 bits per heavy atom. The van der Waals surface area contributed by atoms with Crippen LogP contribution < -0.4 is 5.73 Å². The second-order valence-corrected chi connectivity index (χ2v) is 3.72. The summed E-state index contributed by atoms with van der Waals surface area (Å²) in [5.41, 5.74) is 5.43. The predicted molar refractivity (Wildman–Crippen MR) is 46.4 cm³/mol. The summed E-state index contributed by atoms with van der Waals surface area (Å²) < 4.78 is 1.89. The van der Waals surface area contributed by atoms with Crippen molar-refractivity contribution in [2.45, 2.75) is 26.3 Å². The van der Waals surface area contributed by atoms with E-state index in [0.29, 0.717) is 17.9 Å². The highest BCUT2D eigenvalue weighted by molar-refractivity contribution is 5.10. The molecule has 0 bridgehead atoms. The van der Waals surface area contributed by atoms with Crippen LogP contribution >= 0.6 is 0 Å². The molecule has 1 aliphatic carbocycles. The van der Waals surface area contributed by atoms with Gasteiger partial charge in [-0.1, -0.05) is 13.8 Å². The molecule has 1 aromatic heterocycles. The Morgan fingerprint density at radius 1 is 1.58 bits per heavy atom. The molecule has 66 valence electrons. The van der Waals surface area contributed by atoms with E-state index < -0.39 is 0 Å². The Balaban J connectivity index is 2.12. The minimum atomic E-state index is 0.377. The summed E-state index contributed by atoms with van der Waals surface area (Å²) in [5.74, 6) is 1.88. The van der Waals surface area contributed by atoms with Gasteiger partial charge in [-0.05, 0) is 18.3 Å². The van der Waals surface area contributed by atoms with Crippen LogP contribution in [0.2, 0.25) is 0 Å². The average molecular weight is 166 g/mol. The fourth-order valence-corrected chi connectivity index (χ4v) is 1.79. The Bertz CT molecular complexity index is 280. The van der Waals surface area contributed by atoms with Gasteiger partial charge in [0.25, 0.3) is 0 Å². The molecule has 0 aliphatic heterocycles. The van der Waals surface area contributed by atoms with E-state index in [9.17, 15) is 0 Å². The van der Waals surface area contributed by atoms with E-state index in [4.69, 9.17) is 5.73 Å². The third-order valence-electron chi connectivity index (χ3n) is 2.98. The largest absolute Gasteiger partial charge is 0.367 e. The van der Waals surface area contributed by atoms with Gasteiger partial charge in [0.05, 0.1) is 6.04 Å². The number of anilines is 1. The molecule has 1 saturated carbocycles. The number of aromatic nitrogens is 3. The van der Waals surface area contributed by atoms with E-state index in [2.05, 4.69) is 23.9 Å². The van der Waals surface area contributed by atoms with Crippen LogP contribution in [-0.2, 0) is 0 Å². The molecule has 3 atom stereocenters. The predicted octanol–water partition coefficient (Wildman–Crippen LogP) is 1.08. The quantitative estimate of drug-likeness (QED) is 0.679. The Labute approximate surface area is 71.8 Å². The lowest BCUT2D eigenvalue weighted by molar-refractivity contribution is 0.101. The van der Waals surface area contributed by atoms with Crippen molar-refractivity contribution in [1.82, 2.24) is 14.8 Å². The summed E-state index contributed by atoms with van der Waals surface area (Å²) >= 11 is 0. The van der Waals surface area contributed by atoms with Gasteiger partial charge in [-0.2, -0.15) is 0 Å². The molecule has 3 unspecified atom stereocenters. The summed E-state index contributed by atoms with van der Waals surface area (Å²) in [4.78, 5) is 3.91. The van der Waals surface area contributed by atoms with Crippen molar-refractivity contribution < 1.29 is 0 Å². The Hall–Kier alpha value is -1.06. The van der Waals surface area contributed by atoms with E-state index in [0.717, 1.165) is 5.92 Å². The smallest absolute Gasteiger partial charge is 0.239 e. The Kier molecular flexibility index (Phi) is 1.56. The molecule has 1 heterocycles. The van der Waals surface area contributed by atoms with E-state index in [1.54, 1.807) is 6.33 Å². The van der Waals surface area contributed by atoms with Crippen LogP contribution in [0.3, 0.4) is 0 Å². The van der Waals surface area contributed by atoms with Gasteiger partial charge < -0.3 is 5.73 Å².